The first kappa shape index (κ1) is 17.4. The Bertz CT molecular complexity index is 1060. The van der Waals surface area contributed by atoms with Crippen LogP contribution in [-0.2, 0) is 0 Å². The van der Waals surface area contributed by atoms with Gasteiger partial charge in [0.1, 0.15) is 18.1 Å². The van der Waals surface area contributed by atoms with Gasteiger partial charge in [0.2, 0.25) is 0 Å². The molecule has 1 N–H and O–H groups in total. The number of rotatable bonds is 4. The van der Waals surface area contributed by atoms with Gasteiger partial charge in [-0.2, -0.15) is 0 Å². The Balaban J connectivity index is 1.91. The predicted molar refractivity (Wildman–Crippen MR) is 103 cm³/mol. The van der Waals surface area contributed by atoms with Gasteiger partial charge >= 0.3 is 0 Å². The van der Waals surface area contributed by atoms with Crippen LogP contribution < -0.4 is 0 Å². The fraction of sp³-hybridized carbons (Fsp3) is 0.0952. The Morgan fingerprint density at radius 2 is 1.74 bits per heavy atom. The van der Waals surface area contributed by atoms with Crippen molar-refractivity contribution in [3.63, 3.8) is 0 Å². The van der Waals surface area contributed by atoms with E-state index in [0.717, 1.165) is 16.7 Å². The summed E-state index contributed by atoms with van der Waals surface area (Å²) in [5, 5.41) is 16.0. The summed E-state index contributed by atoms with van der Waals surface area (Å²) in [5.41, 5.74) is 4.41. The molecule has 4 rings (SSSR count). The van der Waals surface area contributed by atoms with E-state index in [2.05, 4.69) is 15.1 Å². The highest BCUT2D eigenvalue weighted by molar-refractivity contribution is 6.30. The van der Waals surface area contributed by atoms with Gasteiger partial charge in [-0.25, -0.2) is 9.97 Å². The first-order chi connectivity index (χ1) is 13.1. The van der Waals surface area contributed by atoms with Crippen LogP contribution in [0.2, 0.25) is 5.02 Å². The standard InChI is InChI=1S/C21H16ClN3O2/c1-13-3-2-4-15(9-13)21-18(20(26)16-10-23-12-24-11-16)19(25-27-21)14-5-7-17(22)8-6-14/h2-12,20,26H,1H3. The molecule has 0 aliphatic carbocycles. The zero-order valence-corrected chi connectivity index (χ0v) is 15.3. The smallest absolute Gasteiger partial charge is 0.173 e. The average molecular weight is 378 g/mol. The lowest BCUT2D eigenvalue weighted by Gasteiger charge is -2.12. The van der Waals surface area contributed by atoms with Crippen molar-refractivity contribution >= 4 is 11.6 Å². The van der Waals surface area contributed by atoms with Crippen LogP contribution in [0.4, 0.5) is 0 Å². The number of nitrogens with zero attached hydrogens (tertiary/aromatic N) is 3. The van der Waals surface area contributed by atoms with Crippen LogP contribution in [0.25, 0.3) is 22.6 Å². The van der Waals surface area contributed by atoms with Crippen LogP contribution >= 0.6 is 11.6 Å². The van der Waals surface area contributed by atoms with Crippen molar-refractivity contribution in [2.24, 2.45) is 0 Å². The summed E-state index contributed by atoms with van der Waals surface area (Å²) in [6, 6.07) is 15.1. The summed E-state index contributed by atoms with van der Waals surface area (Å²) in [4.78, 5) is 8.01. The van der Waals surface area contributed by atoms with Crippen LogP contribution in [0.15, 0.2) is 71.8 Å². The zero-order chi connectivity index (χ0) is 18.8. The molecule has 0 saturated heterocycles. The number of aryl methyl sites for hydroxylation is 1. The van der Waals surface area contributed by atoms with Crippen molar-refractivity contribution < 1.29 is 9.63 Å². The molecular weight excluding hydrogens is 362 g/mol. The quantitative estimate of drug-likeness (QED) is 0.550. The largest absolute Gasteiger partial charge is 0.383 e. The molecule has 0 bridgehead atoms. The molecular formula is C21H16ClN3O2. The van der Waals surface area contributed by atoms with Gasteiger partial charge in [-0.1, -0.05) is 52.7 Å². The van der Waals surface area contributed by atoms with Crippen LogP contribution in [-0.4, -0.2) is 20.2 Å². The van der Waals surface area contributed by atoms with Crippen LogP contribution in [0.3, 0.4) is 0 Å². The number of aromatic nitrogens is 3. The van der Waals surface area contributed by atoms with Crippen molar-refractivity contribution in [2.45, 2.75) is 13.0 Å². The third-order valence-corrected chi connectivity index (χ3v) is 4.55. The molecule has 134 valence electrons. The Morgan fingerprint density at radius 1 is 1.00 bits per heavy atom. The van der Waals surface area contributed by atoms with Crippen molar-refractivity contribution in [1.29, 1.82) is 0 Å². The maximum Gasteiger partial charge on any atom is 0.173 e. The second kappa shape index (κ2) is 7.31. The average Bonchev–Trinajstić information content (AvgIpc) is 3.14. The molecule has 27 heavy (non-hydrogen) atoms. The summed E-state index contributed by atoms with van der Waals surface area (Å²) in [7, 11) is 0. The third-order valence-electron chi connectivity index (χ3n) is 4.30. The van der Waals surface area contributed by atoms with Gasteiger partial charge in [-0.15, -0.1) is 0 Å². The molecule has 0 fully saturated rings. The highest BCUT2D eigenvalue weighted by atomic mass is 35.5. The summed E-state index contributed by atoms with van der Waals surface area (Å²) < 4.78 is 5.68. The number of aliphatic hydroxyl groups is 1. The molecule has 2 aromatic carbocycles. The van der Waals surface area contributed by atoms with E-state index in [1.54, 1.807) is 24.5 Å². The van der Waals surface area contributed by atoms with Crippen LogP contribution in [0.1, 0.15) is 22.8 Å². The van der Waals surface area contributed by atoms with E-state index >= 15 is 0 Å². The van der Waals surface area contributed by atoms with E-state index in [0.29, 0.717) is 27.6 Å². The fourth-order valence-electron chi connectivity index (χ4n) is 2.98. The second-order valence-corrected chi connectivity index (χ2v) is 6.66. The van der Waals surface area contributed by atoms with E-state index in [1.165, 1.54) is 6.33 Å². The molecule has 0 spiro atoms. The van der Waals surface area contributed by atoms with E-state index in [1.807, 2.05) is 43.3 Å². The normalized spacial score (nSPS) is 12.1. The fourth-order valence-corrected chi connectivity index (χ4v) is 3.11. The number of aliphatic hydroxyl groups excluding tert-OH is 1. The van der Waals surface area contributed by atoms with Gasteiger partial charge < -0.3 is 9.63 Å². The first-order valence-corrected chi connectivity index (χ1v) is 8.77. The van der Waals surface area contributed by atoms with Crippen molar-refractivity contribution in [1.82, 2.24) is 15.1 Å². The van der Waals surface area contributed by atoms with Crippen LogP contribution in [0.5, 0.6) is 0 Å². The van der Waals surface area contributed by atoms with Crippen molar-refractivity contribution in [3.8, 4) is 22.6 Å². The van der Waals surface area contributed by atoms with Gasteiger partial charge in [0, 0.05) is 34.1 Å². The topological polar surface area (TPSA) is 72.0 Å². The van der Waals surface area contributed by atoms with E-state index in [4.69, 9.17) is 16.1 Å². The Kier molecular flexibility index (Phi) is 4.71. The molecule has 0 aliphatic rings. The predicted octanol–water partition coefficient (Wildman–Crippen LogP) is 4.84. The molecule has 0 amide bonds. The van der Waals surface area contributed by atoms with Gasteiger partial charge in [0.05, 0.1) is 5.56 Å². The molecule has 1 unspecified atom stereocenters. The number of hydrogen-bond donors (Lipinski definition) is 1. The second-order valence-electron chi connectivity index (χ2n) is 6.22. The van der Waals surface area contributed by atoms with Gasteiger partial charge in [-0.05, 0) is 25.1 Å². The van der Waals surface area contributed by atoms with E-state index in [9.17, 15) is 5.11 Å². The molecule has 0 saturated carbocycles. The van der Waals surface area contributed by atoms with E-state index in [-0.39, 0.29) is 0 Å². The maximum atomic E-state index is 11.1. The molecule has 6 heteroatoms. The summed E-state index contributed by atoms with van der Waals surface area (Å²) in [6.07, 6.45) is 3.59. The summed E-state index contributed by atoms with van der Waals surface area (Å²) >= 11 is 6.01. The monoisotopic (exact) mass is 377 g/mol. The lowest BCUT2D eigenvalue weighted by molar-refractivity contribution is 0.219. The number of hydrogen-bond acceptors (Lipinski definition) is 5. The lowest BCUT2D eigenvalue weighted by atomic mass is 9.95. The van der Waals surface area contributed by atoms with Crippen LogP contribution in [0, 0.1) is 6.92 Å². The minimum atomic E-state index is -0.987. The van der Waals surface area contributed by atoms with Gasteiger partial charge in [0.25, 0.3) is 0 Å². The van der Waals surface area contributed by atoms with Crippen molar-refractivity contribution in [3.05, 3.63) is 89.0 Å². The Labute approximate surface area is 161 Å². The molecule has 1 atom stereocenters. The molecule has 0 aliphatic heterocycles. The molecule has 0 radical (unpaired) electrons. The third kappa shape index (κ3) is 3.47. The number of halogens is 1. The Hall–Kier alpha value is -3.02. The minimum Gasteiger partial charge on any atom is -0.383 e. The lowest BCUT2D eigenvalue weighted by Crippen LogP contribution is -2.03. The molecule has 5 nitrogen and oxygen atoms in total. The van der Waals surface area contributed by atoms with E-state index < -0.39 is 6.10 Å². The maximum absolute atomic E-state index is 11.1. The Morgan fingerprint density at radius 3 is 2.44 bits per heavy atom. The van der Waals surface area contributed by atoms with Crippen molar-refractivity contribution in [2.75, 3.05) is 0 Å². The minimum absolute atomic E-state index is 0.514. The summed E-state index contributed by atoms with van der Waals surface area (Å²) in [6.45, 7) is 2.00. The molecule has 2 aromatic heterocycles. The molecule has 4 aromatic rings. The first-order valence-electron chi connectivity index (χ1n) is 8.39. The summed E-state index contributed by atoms with van der Waals surface area (Å²) in [5.74, 6) is 0.514. The highest BCUT2D eigenvalue weighted by Crippen LogP contribution is 2.39. The van der Waals surface area contributed by atoms with Gasteiger partial charge in [0.15, 0.2) is 5.76 Å². The number of benzene rings is 2. The SMILES string of the molecule is Cc1cccc(-c2onc(-c3ccc(Cl)cc3)c2C(O)c2cncnc2)c1. The van der Waals surface area contributed by atoms with Gasteiger partial charge in [-0.3, -0.25) is 0 Å². The highest BCUT2D eigenvalue weighted by Gasteiger charge is 2.26. The molecule has 2 heterocycles. The zero-order valence-electron chi connectivity index (χ0n) is 14.5.